The fourth-order valence-electron chi connectivity index (χ4n) is 1.43. The standard InChI is InChI=1S/C13H23N5OS/c1-9(2)12(19)15-5-6-16-13(14-4)18-8-11-17-7-10(3)20-11/h7,9H,5-6,8H2,1-4H3,(H,15,19)(H2,14,16,18). The van der Waals surface area contributed by atoms with E-state index in [9.17, 15) is 4.79 Å². The molecule has 20 heavy (non-hydrogen) atoms. The number of hydrogen-bond acceptors (Lipinski definition) is 4. The number of amides is 1. The monoisotopic (exact) mass is 297 g/mol. The molecule has 0 atom stereocenters. The largest absolute Gasteiger partial charge is 0.355 e. The highest BCUT2D eigenvalue weighted by molar-refractivity contribution is 7.11. The van der Waals surface area contributed by atoms with Crippen LogP contribution in [-0.4, -0.2) is 37.0 Å². The van der Waals surface area contributed by atoms with Crippen LogP contribution in [0.2, 0.25) is 0 Å². The number of nitrogens with one attached hydrogen (secondary N) is 3. The van der Waals surface area contributed by atoms with Crippen LogP contribution in [0, 0.1) is 12.8 Å². The van der Waals surface area contributed by atoms with Gasteiger partial charge in [0, 0.05) is 37.1 Å². The van der Waals surface area contributed by atoms with Gasteiger partial charge >= 0.3 is 0 Å². The number of aliphatic imine (C=N–C) groups is 1. The Morgan fingerprint density at radius 2 is 2.05 bits per heavy atom. The first kappa shape index (κ1) is 16.4. The fourth-order valence-corrected chi connectivity index (χ4v) is 2.16. The topological polar surface area (TPSA) is 78.4 Å². The molecule has 6 nitrogen and oxygen atoms in total. The van der Waals surface area contributed by atoms with E-state index in [1.807, 2.05) is 27.0 Å². The quantitative estimate of drug-likeness (QED) is 0.414. The third-order valence-corrected chi connectivity index (χ3v) is 3.45. The molecule has 0 unspecified atom stereocenters. The predicted octanol–water partition coefficient (Wildman–Crippen LogP) is 0.889. The lowest BCUT2D eigenvalue weighted by Crippen LogP contribution is -2.41. The molecule has 0 aliphatic carbocycles. The van der Waals surface area contributed by atoms with Crippen LogP contribution >= 0.6 is 11.3 Å². The van der Waals surface area contributed by atoms with E-state index >= 15 is 0 Å². The third kappa shape index (κ3) is 6.01. The average molecular weight is 297 g/mol. The van der Waals surface area contributed by atoms with Crippen molar-refractivity contribution in [1.29, 1.82) is 0 Å². The maximum atomic E-state index is 11.4. The number of carbonyl (C=O) groups excluding carboxylic acids is 1. The van der Waals surface area contributed by atoms with Crippen molar-refractivity contribution in [3.05, 3.63) is 16.1 Å². The second-order valence-electron chi connectivity index (χ2n) is 4.66. The molecule has 1 aromatic rings. The van der Waals surface area contributed by atoms with Gasteiger partial charge in [-0.3, -0.25) is 9.79 Å². The smallest absolute Gasteiger partial charge is 0.222 e. The first-order valence-corrected chi connectivity index (χ1v) is 7.48. The van der Waals surface area contributed by atoms with Crippen LogP contribution < -0.4 is 16.0 Å². The number of aromatic nitrogens is 1. The first-order valence-electron chi connectivity index (χ1n) is 6.66. The summed E-state index contributed by atoms with van der Waals surface area (Å²) in [7, 11) is 1.72. The van der Waals surface area contributed by atoms with Crippen molar-refractivity contribution in [2.45, 2.75) is 27.3 Å². The summed E-state index contributed by atoms with van der Waals surface area (Å²) in [6, 6.07) is 0. The maximum Gasteiger partial charge on any atom is 0.222 e. The summed E-state index contributed by atoms with van der Waals surface area (Å²) in [6.07, 6.45) is 1.86. The van der Waals surface area contributed by atoms with Gasteiger partial charge < -0.3 is 16.0 Å². The molecule has 0 saturated carbocycles. The van der Waals surface area contributed by atoms with Gasteiger partial charge in [0.1, 0.15) is 5.01 Å². The summed E-state index contributed by atoms with van der Waals surface area (Å²) in [4.78, 5) is 21.0. The van der Waals surface area contributed by atoms with Crippen LogP contribution in [0.1, 0.15) is 23.7 Å². The van der Waals surface area contributed by atoms with Crippen molar-refractivity contribution in [2.24, 2.45) is 10.9 Å². The van der Waals surface area contributed by atoms with Crippen molar-refractivity contribution < 1.29 is 4.79 Å². The lowest BCUT2D eigenvalue weighted by Gasteiger charge is -2.12. The predicted molar refractivity (Wildman–Crippen MR) is 82.9 cm³/mol. The molecule has 1 amide bonds. The van der Waals surface area contributed by atoms with Gasteiger partial charge in [0.15, 0.2) is 5.96 Å². The normalized spacial score (nSPS) is 11.6. The SMILES string of the molecule is CN=C(NCCNC(=O)C(C)C)NCc1ncc(C)s1. The van der Waals surface area contributed by atoms with E-state index in [0.29, 0.717) is 25.6 Å². The molecule has 0 aromatic carbocycles. The van der Waals surface area contributed by atoms with Crippen LogP contribution in [0.5, 0.6) is 0 Å². The molecule has 0 aliphatic rings. The number of thiazole rings is 1. The Labute approximate surface area is 124 Å². The molecule has 0 spiro atoms. The number of aryl methyl sites for hydroxylation is 1. The summed E-state index contributed by atoms with van der Waals surface area (Å²) in [5.74, 6) is 0.783. The van der Waals surface area contributed by atoms with E-state index < -0.39 is 0 Å². The molecule has 0 bridgehead atoms. The molecule has 3 N–H and O–H groups in total. The molecule has 0 aliphatic heterocycles. The highest BCUT2D eigenvalue weighted by Gasteiger charge is 2.05. The van der Waals surface area contributed by atoms with Gasteiger partial charge in [0.2, 0.25) is 5.91 Å². The van der Waals surface area contributed by atoms with Crippen molar-refractivity contribution in [1.82, 2.24) is 20.9 Å². The van der Waals surface area contributed by atoms with E-state index in [1.54, 1.807) is 18.4 Å². The molecule has 1 heterocycles. The van der Waals surface area contributed by atoms with Gasteiger partial charge in [-0.25, -0.2) is 4.98 Å². The van der Waals surface area contributed by atoms with E-state index in [0.717, 1.165) is 5.01 Å². The van der Waals surface area contributed by atoms with Crippen LogP contribution in [0.15, 0.2) is 11.2 Å². The molecule has 1 rings (SSSR count). The Morgan fingerprint density at radius 1 is 1.35 bits per heavy atom. The summed E-state index contributed by atoms with van der Waals surface area (Å²) in [6.45, 7) is 7.64. The van der Waals surface area contributed by atoms with E-state index in [2.05, 4.69) is 25.9 Å². The zero-order valence-corrected chi connectivity index (χ0v) is 13.3. The number of nitrogens with zero attached hydrogens (tertiary/aromatic N) is 2. The molecule has 112 valence electrons. The molecule has 0 saturated heterocycles. The van der Waals surface area contributed by atoms with Crippen molar-refractivity contribution in [2.75, 3.05) is 20.1 Å². The first-order chi connectivity index (χ1) is 9.52. The lowest BCUT2D eigenvalue weighted by atomic mass is 10.2. The second-order valence-corrected chi connectivity index (χ2v) is 5.98. The number of guanidine groups is 1. The van der Waals surface area contributed by atoms with Gasteiger partial charge in [-0.05, 0) is 6.92 Å². The van der Waals surface area contributed by atoms with Gasteiger partial charge in [-0.1, -0.05) is 13.8 Å². The Balaban J connectivity index is 2.22. The zero-order valence-electron chi connectivity index (χ0n) is 12.5. The molecule has 7 heteroatoms. The maximum absolute atomic E-state index is 11.4. The minimum absolute atomic E-state index is 0.0144. The number of hydrogen-bond donors (Lipinski definition) is 3. The van der Waals surface area contributed by atoms with Crippen LogP contribution in [0.3, 0.4) is 0 Å². The second kappa shape index (κ2) is 8.52. The summed E-state index contributed by atoms with van der Waals surface area (Å²) in [5.41, 5.74) is 0. The molecule has 0 fully saturated rings. The zero-order chi connectivity index (χ0) is 15.0. The number of carbonyl (C=O) groups is 1. The average Bonchev–Trinajstić information content (AvgIpc) is 2.83. The van der Waals surface area contributed by atoms with Crippen LogP contribution in [-0.2, 0) is 11.3 Å². The Morgan fingerprint density at radius 3 is 2.60 bits per heavy atom. The van der Waals surface area contributed by atoms with Crippen molar-refractivity contribution in [3.63, 3.8) is 0 Å². The van der Waals surface area contributed by atoms with Gasteiger partial charge in [0.05, 0.1) is 6.54 Å². The summed E-state index contributed by atoms with van der Waals surface area (Å²) in [5, 5.41) is 10.2. The van der Waals surface area contributed by atoms with E-state index in [1.165, 1.54) is 4.88 Å². The van der Waals surface area contributed by atoms with Gasteiger partial charge in [-0.2, -0.15) is 0 Å². The van der Waals surface area contributed by atoms with E-state index in [4.69, 9.17) is 0 Å². The molecule has 0 radical (unpaired) electrons. The Kier molecular flexibility index (Phi) is 7.00. The van der Waals surface area contributed by atoms with Crippen molar-refractivity contribution in [3.8, 4) is 0 Å². The lowest BCUT2D eigenvalue weighted by molar-refractivity contribution is -0.123. The highest BCUT2D eigenvalue weighted by atomic mass is 32.1. The van der Waals surface area contributed by atoms with Gasteiger partial charge in [0.25, 0.3) is 0 Å². The molecular formula is C13H23N5OS. The minimum atomic E-state index is 0.0144. The fraction of sp³-hybridized carbons (Fsp3) is 0.615. The molecule has 1 aromatic heterocycles. The summed E-state index contributed by atoms with van der Waals surface area (Å²) >= 11 is 1.66. The summed E-state index contributed by atoms with van der Waals surface area (Å²) < 4.78 is 0. The highest BCUT2D eigenvalue weighted by Crippen LogP contribution is 2.10. The third-order valence-electron chi connectivity index (χ3n) is 2.54. The van der Waals surface area contributed by atoms with E-state index in [-0.39, 0.29) is 11.8 Å². The Hall–Kier alpha value is -1.63. The minimum Gasteiger partial charge on any atom is -0.355 e. The number of rotatable bonds is 6. The van der Waals surface area contributed by atoms with Crippen LogP contribution in [0.25, 0.3) is 0 Å². The Bertz CT molecular complexity index is 455. The molecular weight excluding hydrogens is 274 g/mol. The van der Waals surface area contributed by atoms with Crippen molar-refractivity contribution >= 4 is 23.2 Å². The van der Waals surface area contributed by atoms with Crippen LogP contribution in [0.4, 0.5) is 0 Å². The van der Waals surface area contributed by atoms with Gasteiger partial charge in [-0.15, -0.1) is 11.3 Å².